The lowest BCUT2D eigenvalue weighted by atomic mass is 9.68. The molecule has 3 rings (SSSR count). The summed E-state index contributed by atoms with van der Waals surface area (Å²) in [6.07, 6.45) is -5.19. The summed E-state index contributed by atoms with van der Waals surface area (Å²) in [6, 6.07) is 8.25. The van der Waals surface area contributed by atoms with Crippen LogP contribution < -0.4 is 5.32 Å². The number of benzene rings is 2. The lowest BCUT2D eigenvalue weighted by Gasteiger charge is -2.34. The Bertz CT molecular complexity index is 1020. The van der Waals surface area contributed by atoms with Crippen molar-refractivity contribution < 1.29 is 37.1 Å². The predicted octanol–water partition coefficient (Wildman–Crippen LogP) is 5.01. The third kappa shape index (κ3) is 5.12. The van der Waals surface area contributed by atoms with Gasteiger partial charge in [-0.1, -0.05) is 28.1 Å². The van der Waals surface area contributed by atoms with Gasteiger partial charge in [0.1, 0.15) is 11.6 Å². The fourth-order valence-electron chi connectivity index (χ4n) is 3.76. The monoisotopic (exact) mass is 501 g/mol. The van der Waals surface area contributed by atoms with Gasteiger partial charge in [0.15, 0.2) is 0 Å². The summed E-state index contributed by atoms with van der Waals surface area (Å²) in [6.45, 7) is 0. The van der Waals surface area contributed by atoms with E-state index < -0.39 is 52.9 Å². The molecule has 0 aliphatic heterocycles. The third-order valence-electron chi connectivity index (χ3n) is 5.24. The number of halogens is 5. The number of Topliss-reactive ketones (excluding diaryl/α,β-unsaturated/α-hetero) is 1. The summed E-state index contributed by atoms with van der Waals surface area (Å²) in [5.41, 5.74) is -1.20. The Balaban J connectivity index is 1.89. The quantitative estimate of drug-likeness (QED) is 0.576. The Kier molecular flexibility index (Phi) is 6.49. The topological polar surface area (TPSA) is 83.5 Å². The van der Waals surface area contributed by atoms with Crippen molar-refractivity contribution in [2.75, 3.05) is 5.32 Å². The van der Waals surface area contributed by atoms with Crippen molar-refractivity contribution in [3.05, 3.63) is 63.9 Å². The molecule has 1 fully saturated rings. The van der Waals surface area contributed by atoms with E-state index in [2.05, 4.69) is 21.2 Å². The third-order valence-corrected chi connectivity index (χ3v) is 5.77. The molecule has 164 valence electrons. The highest BCUT2D eigenvalue weighted by atomic mass is 79.9. The molecule has 31 heavy (non-hydrogen) atoms. The molecule has 0 radical (unpaired) electrons. The molecular formula is C21H16BrF4NO4. The summed E-state index contributed by atoms with van der Waals surface area (Å²) in [5.74, 6) is -7.25. The molecule has 0 aromatic heterocycles. The molecule has 0 heterocycles. The largest absolute Gasteiger partial charge is 0.481 e. The number of amides is 1. The number of hydrogen-bond acceptors (Lipinski definition) is 3. The lowest BCUT2D eigenvalue weighted by Crippen LogP contribution is -2.43. The molecular weight excluding hydrogens is 486 g/mol. The molecule has 0 unspecified atom stereocenters. The maximum Gasteiger partial charge on any atom is 0.416 e. The van der Waals surface area contributed by atoms with Gasteiger partial charge in [-0.15, -0.1) is 0 Å². The molecule has 3 atom stereocenters. The van der Waals surface area contributed by atoms with E-state index in [0.717, 1.165) is 10.5 Å². The Morgan fingerprint density at radius 3 is 2.26 bits per heavy atom. The first-order valence-corrected chi connectivity index (χ1v) is 9.94. The normalized spacial score (nSPS) is 21.6. The van der Waals surface area contributed by atoms with Gasteiger partial charge in [0.2, 0.25) is 5.91 Å². The van der Waals surface area contributed by atoms with Crippen molar-refractivity contribution in [3.63, 3.8) is 0 Å². The molecule has 1 aliphatic carbocycles. The highest BCUT2D eigenvalue weighted by Crippen LogP contribution is 2.41. The van der Waals surface area contributed by atoms with Crippen molar-refractivity contribution in [2.24, 2.45) is 11.8 Å². The minimum atomic E-state index is -4.76. The molecule has 2 N–H and O–H groups in total. The van der Waals surface area contributed by atoms with Crippen molar-refractivity contribution in [3.8, 4) is 0 Å². The average Bonchev–Trinajstić information content (AvgIpc) is 2.68. The average molecular weight is 502 g/mol. The molecule has 0 spiro atoms. The first kappa shape index (κ1) is 22.9. The number of alkyl halides is 3. The molecule has 2 aromatic carbocycles. The summed E-state index contributed by atoms with van der Waals surface area (Å²) >= 11 is 3.27. The smallest absolute Gasteiger partial charge is 0.416 e. The maximum absolute atomic E-state index is 14.1. The van der Waals surface area contributed by atoms with E-state index in [1.807, 2.05) is 0 Å². The van der Waals surface area contributed by atoms with Gasteiger partial charge in [0, 0.05) is 23.2 Å². The van der Waals surface area contributed by atoms with Gasteiger partial charge >= 0.3 is 12.1 Å². The first-order chi connectivity index (χ1) is 14.5. The highest BCUT2D eigenvalue weighted by molar-refractivity contribution is 9.10. The molecule has 1 amide bonds. The van der Waals surface area contributed by atoms with Crippen molar-refractivity contribution >= 4 is 39.3 Å². The fourth-order valence-corrected chi connectivity index (χ4v) is 4.03. The van der Waals surface area contributed by atoms with Crippen LogP contribution in [0.3, 0.4) is 0 Å². The summed E-state index contributed by atoms with van der Waals surface area (Å²) in [7, 11) is 0. The number of hydrogen-bond donors (Lipinski definition) is 2. The van der Waals surface area contributed by atoms with Crippen LogP contribution in [0.25, 0.3) is 0 Å². The van der Waals surface area contributed by atoms with Crippen LogP contribution in [0.1, 0.15) is 29.9 Å². The van der Waals surface area contributed by atoms with Crippen LogP contribution >= 0.6 is 15.9 Å². The number of carboxylic acid groups (broad SMARTS) is 1. The Morgan fingerprint density at radius 2 is 1.71 bits per heavy atom. The van der Waals surface area contributed by atoms with Crippen LogP contribution in [0.15, 0.2) is 46.9 Å². The second kappa shape index (κ2) is 8.78. The van der Waals surface area contributed by atoms with Gasteiger partial charge < -0.3 is 10.4 Å². The minimum absolute atomic E-state index is 0.0724. The van der Waals surface area contributed by atoms with Crippen LogP contribution in [-0.4, -0.2) is 22.8 Å². The fraction of sp³-hybridized carbons (Fsp3) is 0.286. The Labute approximate surface area is 182 Å². The number of carbonyl (C=O) groups excluding carboxylic acids is 2. The van der Waals surface area contributed by atoms with Crippen LogP contribution in [-0.2, 0) is 20.6 Å². The van der Waals surface area contributed by atoms with Crippen LogP contribution in [0.4, 0.5) is 23.2 Å². The number of carboxylic acids is 1. The molecule has 0 saturated heterocycles. The summed E-state index contributed by atoms with van der Waals surface area (Å²) < 4.78 is 53.0. The summed E-state index contributed by atoms with van der Waals surface area (Å²) in [4.78, 5) is 37.1. The van der Waals surface area contributed by atoms with E-state index in [9.17, 15) is 37.1 Å². The second-order valence-electron chi connectivity index (χ2n) is 7.26. The Morgan fingerprint density at radius 1 is 1.06 bits per heavy atom. The van der Waals surface area contributed by atoms with E-state index in [-0.39, 0.29) is 24.7 Å². The van der Waals surface area contributed by atoms with Gasteiger partial charge in [0.25, 0.3) is 0 Å². The van der Waals surface area contributed by atoms with Gasteiger partial charge in [0.05, 0.1) is 23.1 Å². The minimum Gasteiger partial charge on any atom is -0.481 e. The van der Waals surface area contributed by atoms with Crippen molar-refractivity contribution in [2.45, 2.75) is 24.9 Å². The SMILES string of the molecule is O=C1C[C@H](c2ccc(Br)cc2)[C@@H](C(=O)O)[C@H](C(=O)Nc2ccc(C(F)(F)F)cc2F)C1. The number of rotatable bonds is 4. The molecule has 1 aliphatic rings. The second-order valence-corrected chi connectivity index (χ2v) is 8.17. The van der Waals surface area contributed by atoms with Gasteiger partial charge in [-0.05, 0) is 35.9 Å². The molecule has 0 bridgehead atoms. The number of carbonyl (C=O) groups is 3. The van der Waals surface area contributed by atoms with E-state index in [0.29, 0.717) is 11.6 Å². The molecule has 5 nitrogen and oxygen atoms in total. The van der Waals surface area contributed by atoms with Gasteiger partial charge in [-0.2, -0.15) is 13.2 Å². The van der Waals surface area contributed by atoms with E-state index in [1.165, 1.54) is 0 Å². The zero-order valence-electron chi connectivity index (χ0n) is 15.7. The zero-order chi connectivity index (χ0) is 22.9. The van der Waals surface area contributed by atoms with E-state index in [4.69, 9.17) is 0 Å². The lowest BCUT2D eigenvalue weighted by molar-refractivity contribution is -0.150. The first-order valence-electron chi connectivity index (χ1n) is 9.15. The number of anilines is 1. The standard InChI is InChI=1S/C21H16BrF4NO4/c22-12-4-1-10(2-5-12)14-8-13(28)9-15(18(14)20(30)31)19(29)27-17-6-3-11(7-16(17)23)21(24,25)26/h1-7,14-15,18H,8-9H2,(H,27,29)(H,30,31)/t14-,15-,18-/m1/s1. The van der Waals surface area contributed by atoms with Crippen molar-refractivity contribution in [1.29, 1.82) is 0 Å². The Hall–Kier alpha value is -2.75. The summed E-state index contributed by atoms with van der Waals surface area (Å²) in [5, 5.41) is 11.9. The maximum atomic E-state index is 14.1. The number of nitrogens with one attached hydrogen (secondary N) is 1. The number of aliphatic carboxylic acids is 1. The molecule has 1 saturated carbocycles. The van der Waals surface area contributed by atoms with E-state index >= 15 is 0 Å². The van der Waals surface area contributed by atoms with Crippen LogP contribution in [0, 0.1) is 17.7 Å². The highest BCUT2D eigenvalue weighted by Gasteiger charge is 2.46. The van der Waals surface area contributed by atoms with Crippen LogP contribution in [0.2, 0.25) is 0 Å². The van der Waals surface area contributed by atoms with Crippen molar-refractivity contribution in [1.82, 2.24) is 0 Å². The molecule has 2 aromatic rings. The van der Waals surface area contributed by atoms with E-state index in [1.54, 1.807) is 24.3 Å². The zero-order valence-corrected chi connectivity index (χ0v) is 17.3. The number of ketones is 1. The van der Waals surface area contributed by atoms with Gasteiger partial charge in [-0.3, -0.25) is 14.4 Å². The van der Waals surface area contributed by atoms with Crippen LogP contribution in [0.5, 0.6) is 0 Å². The predicted molar refractivity (Wildman–Crippen MR) is 106 cm³/mol. The van der Waals surface area contributed by atoms with Gasteiger partial charge in [-0.25, -0.2) is 4.39 Å². The molecule has 10 heteroatoms.